The van der Waals surface area contributed by atoms with Crippen LogP contribution in [0.4, 0.5) is 0 Å². The summed E-state index contributed by atoms with van der Waals surface area (Å²) in [6.07, 6.45) is 1.29. The van der Waals surface area contributed by atoms with Gasteiger partial charge in [0.25, 0.3) is 0 Å². The van der Waals surface area contributed by atoms with E-state index in [1.54, 1.807) is 24.3 Å². The Kier molecular flexibility index (Phi) is 4.08. The van der Waals surface area contributed by atoms with Gasteiger partial charge in [-0.05, 0) is 30.3 Å². The lowest BCUT2D eigenvalue weighted by Gasteiger charge is -2.02. The molecule has 21 heavy (non-hydrogen) atoms. The smallest absolute Gasteiger partial charge is 0.335 e. The van der Waals surface area contributed by atoms with E-state index in [0.29, 0.717) is 22.1 Å². The van der Waals surface area contributed by atoms with Gasteiger partial charge in [-0.15, -0.1) is 0 Å². The van der Waals surface area contributed by atoms with Crippen LogP contribution in [0.3, 0.4) is 0 Å². The molecule has 0 radical (unpaired) electrons. The highest BCUT2D eigenvalue weighted by Crippen LogP contribution is 2.31. The van der Waals surface area contributed by atoms with Crippen molar-refractivity contribution in [2.45, 2.75) is 0 Å². The maximum absolute atomic E-state index is 11.0. The van der Waals surface area contributed by atoms with Crippen molar-refractivity contribution in [3.63, 3.8) is 0 Å². The zero-order valence-corrected chi connectivity index (χ0v) is 11.3. The number of allylic oxidation sites excluding steroid dienone is 1. The fourth-order valence-electron chi connectivity index (χ4n) is 1.65. The first-order chi connectivity index (χ1) is 10.0. The summed E-state index contributed by atoms with van der Waals surface area (Å²) in [5.74, 6) is -0.416. The van der Waals surface area contributed by atoms with Gasteiger partial charge in [0.05, 0.1) is 10.6 Å². The predicted octanol–water partition coefficient (Wildman–Crippen LogP) is 3.73. The molecule has 2 rings (SSSR count). The summed E-state index contributed by atoms with van der Waals surface area (Å²) in [4.78, 5) is 11.0. The molecule has 0 aliphatic carbocycles. The Balaban J connectivity index is 2.46. The SMILES string of the molecule is N#CC(C#N)=Cc1ccc(-c2cc(C(=O)O)ccc2Cl)o1. The Morgan fingerprint density at radius 3 is 2.57 bits per heavy atom. The number of aromatic carboxylic acids is 1. The van der Waals surface area contributed by atoms with Crippen molar-refractivity contribution >= 4 is 23.6 Å². The van der Waals surface area contributed by atoms with Gasteiger partial charge >= 0.3 is 5.97 Å². The summed E-state index contributed by atoms with van der Waals surface area (Å²) in [6, 6.07) is 10.8. The van der Waals surface area contributed by atoms with Gasteiger partial charge in [-0.3, -0.25) is 0 Å². The quantitative estimate of drug-likeness (QED) is 0.870. The fraction of sp³-hybridized carbons (Fsp3) is 0. The summed E-state index contributed by atoms with van der Waals surface area (Å²) < 4.78 is 5.46. The van der Waals surface area contributed by atoms with Crippen molar-refractivity contribution in [1.82, 2.24) is 0 Å². The average Bonchev–Trinajstić information content (AvgIpc) is 2.93. The van der Waals surface area contributed by atoms with Crippen LogP contribution in [0.2, 0.25) is 5.02 Å². The van der Waals surface area contributed by atoms with E-state index in [0.717, 1.165) is 0 Å². The highest BCUT2D eigenvalue weighted by atomic mass is 35.5. The minimum atomic E-state index is -1.07. The molecule has 6 heteroatoms. The number of nitriles is 2. The van der Waals surface area contributed by atoms with Crippen molar-refractivity contribution in [3.8, 4) is 23.5 Å². The van der Waals surface area contributed by atoms with Crippen LogP contribution in [0.25, 0.3) is 17.4 Å². The molecule has 0 saturated heterocycles. The fourth-order valence-corrected chi connectivity index (χ4v) is 1.86. The van der Waals surface area contributed by atoms with Gasteiger partial charge in [-0.25, -0.2) is 4.79 Å². The van der Waals surface area contributed by atoms with Crippen molar-refractivity contribution in [2.24, 2.45) is 0 Å². The zero-order valence-electron chi connectivity index (χ0n) is 10.5. The van der Waals surface area contributed by atoms with Crippen molar-refractivity contribution in [1.29, 1.82) is 10.5 Å². The first kappa shape index (κ1) is 14.4. The number of hydrogen-bond acceptors (Lipinski definition) is 4. The number of furan rings is 1. The predicted molar refractivity (Wildman–Crippen MR) is 75.3 cm³/mol. The molecule has 0 aliphatic heterocycles. The molecule has 0 amide bonds. The number of halogens is 1. The molecular weight excluding hydrogens is 292 g/mol. The van der Waals surface area contributed by atoms with E-state index >= 15 is 0 Å². The molecule has 1 N–H and O–H groups in total. The Hall–Kier alpha value is -3.02. The van der Waals surface area contributed by atoms with Crippen molar-refractivity contribution in [3.05, 3.63) is 52.3 Å². The maximum atomic E-state index is 11.0. The van der Waals surface area contributed by atoms with Gasteiger partial charge in [0, 0.05) is 11.6 Å². The molecule has 0 aliphatic rings. The summed E-state index contributed by atoms with van der Waals surface area (Å²) in [5, 5.41) is 26.7. The molecule has 1 aromatic carbocycles. The molecule has 2 aromatic rings. The molecule has 0 fully saturated rings. The standard InChI is InChI=1S/C15H7ClN2O3/c16-13-3-1-10(15(19)20)6-12(13)14-4-2-11(21-14)5-9(7-17)8-18/h1-6H,(H,19,20). The molecule has 0 saturated carbocycles. The number of carboxylic acids is 1. The van der Waals surface area contributed by atoms with Gasteiger partial charge in [-0.2, -0.15) is 10.5 Å². The van der Waals surface area contributed by atoms with Gasteiger partial charge in [0.1, 0.15) is 29.2 Å². The minimum absolute atomic E-state index is 0.0811. The topological polar surface area (TPSA) is 98.0 Å². The second kappa shape index (κ2) is 5.96. The summed E-state index contributed by atoms with van der Waals surface area (Å²) in [5.41, 5.74) is 0.408. The number of rotatable bonds is 3. The molecule has 5 nitrogen and oxygen atoms in total. The summed E-state index contributed by atoms with van der Waals surface area (Å²) >= 11 is 6.03. The Morgan fingerprint density at radius 1 is 1.24 bits per heavy atom. The molecule has 0 unspecified atom stereocenters. The number of hydrogen-bond donors (Lipinski definition) is 1. The molecule has 0 bridgehead atoms. The Labute approximate surface area is 124 Å². The monoisotopic (exact) mass is 298 g/mol. The lowest BCUT2D eigenvalue weighted by atomic mass is 10.1. The Morgan fingerprint density at radius 2 is 1.95 bits per heavy atom. The Bertz CT molecular complexity index is 806. The third kappa shape index (κ3) is 3.11. The van der Waals surface area contributed by atoms with Crippen LogP contribution < -0.4 is 0 Å². The number of nitrogens with zero attached hydrogens (tertiary/aromatic N) is 2. The van der Waals surface area contributed by atoms with Gasteiger partial charge in [-0.1, -0.05) is 11.6 Å². The number of benzene rings is 1. The van der Waals surface area contributed by atoms with E-state index in [4.69, 9.17) is 31.6 Å². The van der Waals surface area contributed by atoms with E-state index in [1.807, 2.05) is 0 Å². The van der Waals surface area contributed by atoms with E-state index in [9.17, 15) is 4.79 Å². The molecule has 0 atom stereocenters. The van der Waals surface area contributed by atoms with Crippen LogP contribution in [0, 0.1) is 22.7 Å². The highest BCUT2D eigenvalue weighted by Gasteiger charge is 2.12. The van der Waals surface area contributed by atoms with Crippen molar-refractivity contribution in [2.75, 3.05) is 0 Å². The minimum Gasteiger partial charge on any atom is -0.478 e. The highest BCUT2D eigenvalue weighted by molar-refractivity contribution is 6.33. The second-order valence-corrected chi connectivity index (χ2v) is 4.39. The van der Waals surface area contributed by atoms with Crippen LogP contribution >= 0.6 is 11.6 Å². The summed E-state index contributed by atoms with van der Waals surface area (Å²) in [7, 11) is 0. The van der Waals surface area contributed by atoms with E-state index in [1.165, 1.54) is 24.3 Å². The number of carboxylic acid groups (broad SMARTS) is 1. The van der Waals surface area contributed by atoms with Gasteiger partial charge < -0.3 is 9.52 Å². The molecule has 102 valence electrons. The lowest BCUT2D eigenvalue weighted by molar-refractivity contribution is 0.0697. The molecule has 1 heterocycles. The second-order valence-electron chi connectivity index (χ2n) is 3.98. The van der Waals surface area contributed by atoms with Gasteiger partial charge in [0.2, 0.25) is 0 Å². The lowest BCUT2D eigenvalue weighted by Crippen LogP contribution is -1.96. The van der Waals surface area contributed by atoms with Crippen molar-refractivity contribution < 1.29 is 14.3 Å². The number of carbonyl (C=O) groups is 1. The molecule has 1 aromatic heterocycles. The molecular formula is C15H7ClN2O3. The normalized spacial score (nSPS) is 9.48. The average molecular weight is 299 g/mol. The van der Waals surface area contributed by atoms with E-state index in [-0.39, 0.29) is 11.1 Å². The third-order valence-electron chi connectivity index (χ3n) is 2.63. The molecule has 0 spiro atoms. The van der Waals surface area contributed by atoms with Crippen LogP contribution in [0.15, 0.2) is 40.3 Å². The maximum Gasteiger partial charge on any atom is 0.335 e. The van der Waals surface area contributed by atoms with Crippen LogP contribution in [-0.4, -0.2) is 11.1 Å². The van der Waals surface area contributed by atoms with Crippen LogP contribution in [0.5, 0.6) is 0 Å². The summed E-state index contributed by atoms with van der Waals surface area (Å²) in [6.45, 7) is 0. The third-order valence-corrected chi connectivity index (χ3v) is 2.96. The van der Waals surface area contributed by atoms with E-state index in [2.05, 4.69) is 0 Å². The zero-order chi connectivity index (χ0) is 15.4. The van der Waals surface area contributed by atoms with Crippen LogP contribution in [0.1, 0.15) is 16.1 Å². The first-order valence-electron chi connectivity index (χ1n) is 5.70. The van der Waals surface area contributed by atoms with E-state index < -0.39 is 5.97 Å². The first-order valence-corrected chi connectivity index (χ1v) is 6.08. The largest absolute Gasteiger partial charge is 0.478 e. The van der Waals surface area contributed by atoms with Gasteiger partial charge in [0.15, 0.2) is 0 Å². The van der Waals surface area contributed by atoms with Crippen LogP contribution in [-0.2, 0) is 0 Å².